The zero-order valence-corrected chi connectivity index (χ0v) is 11.2. The molecule has 0 spiro atoms. The Morgan fingerprint density at radius 2 is 1.47 bits per heavy atom. The van der Waals surface area contributed by atoms with E-state index in [2.05, 4.69) is 4.57 Å². The van der Waals surface area contributed by atoms with Crippen molar-refractivity contribution in [2.75, 3.05) is 6.61 Å². The third-order valence-corrected chi connectivity index (χ3v) is 2.85. The van der Waals surface area contributed by atoms with Gasteiger partial charge in [0.25, 0.3) is 0 Å². The van der Waals surface area contributed by atoms with E-state index in [9.17, 15) is 0 Å². The molecule has 0 aliphatic carbocycles. The van der Waals surface area contributed by atoms with Gasteiger partial charge in [0.05, 0.1) is 0 Å². The number of aliphatic hydroxyl groups excluding tert-OH is 1. The first-order chi connectivity index (χ1) is 7.93. The molecule has 0 fully saturated rings. The van der Waals surface area contributed by atoms with Crippen LogP contribution in [0.15, 0.2) is 23.3 Å². The van der Waals surface area contributed by atoms with Crippen molar-refractivity contribution in [3.05, 3.63) is 18.9 Å². The average molecular weight is 262 g/mol. The van der Waals surface area contributed by atoms with Gasteiger partial charge >= 0.3 is 6.39 Å². The van der Waals surface area contributed by atoms with Crippen molar-refractivity contribution in [1.29, 1.82) is 0 Å². The van der Waals surface area contributed by atoms with Gasteiger partial charge in [0, 0.05) is 13.0 Å². The Balaban J connectivity index is 0.00000256. The van der Waals surface area contributed by atoms with Gasteiger partial charge in [-0.05, 0) is 12.8 Å². The predicted molar refractivity (Wildman–Crippen MR) is 62.9 cm³/mol. The summed E-state index contributed by atoms with van der Waals surface area (Å²) >= 11 is 0. The molecule has 3 nitrogen and oxygen atoms in total. The Morgan fingerprint density at radius 3 is 2.00 bits per heavy atom. The van der Waals surface area contributed by atoms with Crippen LogP contribution in [0.4, 0.5) is 0 Å². The molecular formula is C13H24ClNO2. The van der Waals surface area contributed by atoms with Gasteiger partial charge in [0.1, 0.15) is 0 Å². The highest BCUT2D eigenvalue weighted by atomic mass is 35.5. The first-order valence-corrected chi connectivity index (χ1v) is 6.45. The molecule has 4 heteroatoms. The Labute approximate surface area is 110 Å². The van der Waals surface area contributed by atoms with E-state index >= 15 is 0 Å². The summed E-state index contributed by atoms with van der Waals surface area (Å²) in [6.07, 6.45) is 15.4. The lowest BCUT2D eigenvalue weighted by Crippen LogP contribution is -3.00. The SMILES string of the molecule is OCCCCCCCCCC[n+]1ccoc1.[Cl-]. The number of aromatic nitrogens is 1. The fourth-order valence-corrected chi connectivity index (χ4v) is 1.86. The maximum Gasteiger partial charge on any atom is 0.334 e. The van der Waals surface area contributed by atoms with Crippen LogP contribution in [0.1, 0.15) is 51.4 Å². The van der Waals surface area contributed by atoms with Crippen molar-refractivity contribution in [2.45, 2.75) is 57.9 Å². The van der Waals surface area contributed by atoms with Crippen LogP contribution in [0, 0.1) is 0 Å². The molecule has 0 saturated carbocycles. The molecule has 0 aliphatic rings. The molecule has 100 valence electrons. The van der Waals surface area contributed by atoms with Gasteiger partial charge in [0.2, 0.25) is 6.20 Å². The number of hydrogen-bond donors (Lipinski definition) is 1. The van der Waals surface area contributed by atoms with E-state index in [-0.39, 0.29) is 12.4 Å². The number of oxazole rings is 1. The molecule has 0 saturated heterocycles. The van der Waals surface area contributed by atoms with E-state index in [4.69, 9.17) is 9.52 Å². The summed E-state index contributed by atoms with van der Waals surface area (Å²) in [7, 11) is 0. The van der Waals surface area contributed by atoms with Crippen molar-refractivity contribution in [3.63, 3.8) is 0 Å². The van der Waals surface area contributed by atoms with Crippen molar-refractivity contribution >= 4 is 0 Å². The van der Waals surface area contributed by atoms with Gasteiger partial charge in [-0.1, -0.05) is 32.1 Å². The number of nitrogens with zero attached hydrogens (tertiary/aromatic N) is 1. The van der Waals surface area contributed by atoms with Crippen LogP contribution in [0.3, 0.4) is 0 Å². The lowest BCUT2D eigenvalue weighted by molar-refractivity contribution is -0.700. The third kappa shape index (κ3) is 9.19. The second-order valence-corrected chi connectivity index (χ2v) is 4.32. The van der Waals surface area contributed by atoms with E-state index in [0.717, 1.165) is 13.0 Å². The molecule has 0 unspecified atom stereocenters. The quantitative estimate of drug-likeness (QED) is 0.463. The Bertz CT molecular complexity index is 240. The molecule has 0 radical (unpaired) electrons. The fourth-order valence-electron chi connectivity index (χ4n) is 1.86. The van der Waals surface area contributed by atoms with Gasteiger partial charge in [-0.3, -0.25) is 0 Å². The maximum atomic E-state index is 8.62. The van der Waals surface area contributed by atoms with Crippen LogP contribution in [0.5, 0.6) is 0 Å². The van der Waals surface area contributed by atoms with E-state index in [1.165, 1.54) is 44.9 Å². The Kier molecular flexibility index (Phi) is 11.6. The molecule has 0 amide bonds. The molecule has 1 N–H and O–H groups in total. The van der Waals surface area contributed by atoms with Gasteiger partial charge in [-0.15, -0.1) is 0 Å². The highest BCUT2D eigenvalue weighted by Crippen LogP contribution is 2.08. The van der Waals surface area contributed by atoms with Crippen LogP contribution in [0.25, 0.3) is 0 Å². The summed E-state index contributed by atoms with van der Waals surface area (Å²) in [5.41, 5.74) is 0. The number of rotatable bonds is 10. The zero-order chi connectivity index (χ0) is 11.5. The summed E-state index contributed by atoms with van der Waals surface area (Å²) in [4.78, 5) is 0. The molecule has 1 aromatic rings. The molecule has 1 aromatic heterocycles. The van der Waals surface area contributed by atoms with E-state index in [0.29, 0.717) is 6.61 Å². The van der Waals surface area contributed by atoms with Gasteiger partial charge < -0.3 is 21.9 Å². The van der Waals surface area contributed by atoms with Crippen molar-refractivity contribution in [1.82, 2.24) is 0 Å². The Morgan fingerprint density at radius 1 is 0.882 bits per heavy atom. The zero-order valence-electron chi connectivity index (χ0n) is 10.5. The van der Waals surface area contributed by atoms with E-state index in [1.807, 2.05) is 6.20 Å². The second kappa shape index (κ2) is 11.9. The normalized spacial score (nSPS) is 10.2. The van der Waals surface area contributed by atoms with E-state index < -0.39 is 0 Å². The van der Waals surface area contributed by atoms with Crippen LogP contribution in [0.2, 0.25) is 0 Å². The summed E-state index contributed by atoms with van der Waals surface area (Å²) in [6, 6.07) is 0. The molecular weight excluding hydrogens is 238 g/mol. The predicted octanol–water partition coefficient (Wildman–Crippen LogP) is -0.316. The highest BCUT2D eigenvalue weighted by molar-refractivity contribution is 4.48. The first kappa shape index (κ1) is 16.5. The number of aliphatic hydroxyl groups is 1. The molecule has 0 aliphatic heterocycles. The monoisotopic (exact) mass is 261 g/mol. The number of unbranched alkanes of at least 4 members (excludes halogenated alkanes) is 7. The maximum absolute atomic E-state index is 8.62. The standard InChI is InChI=1S/C13H24NO2.ClH/c15-11-8-6-4-2-1-3-5-7-9-14-10-12-16-13-14;/h10,12-13,15H,1-9,11H2;1H/q+1;/p-1. The lowest BCUT2D eigenvalue weighted by atomic mass is 10.1. The fraction of sp³-hybridized carbons (Fsp3) is 0.769. The molecule has 1 heterocycles. The average Bonchev–Trinajstić information content (AvgIpc) is 2.80. The highest BCUT2D eigenvalue weighted by Gasteiger charge is 1.99. The minimum atomic E-state index is 0. The summed E-state index contributed by atoms with van der Waals surface area (Å²) in [5, 5.41) is 8.62. The molecule has 0 bridgehead atoms. The molecule has 0 aromatic carbocycles. The van der Waals surface area contributed by atoms with E-state index in [1.54, 1.807) is 12.7 Å². The van der Waals surface area contributed by atoms with Gasteiger partial charge in [0.15, 0.2) is 12.8 Å². The van der Waals surface area contributed by atoms with Gasteiger partial charge in [-0.25, -0.2) is 0 Å². The molecule has 1 rings (SSSR count). The number of halogens is 1. The minimum Gasteiger partial charge on any atom is -1.00 e. The third-order valence-electron chi connectivity index (χ3n) is 2.85. The van der Waals surface area contributed by atoms with Gasteiger partial charge in [-0.2, -0.15) is 4.57 Å². The summed E-state index contributed by atoms with van der Waals surface area (Å²) in [6.45, 7) is 1.42. The van der Waals surface area contributed by atoms with Crippen molar-refractivity contribution in [3.8, 4) is 0 Å². The number of aryl methyl sites for hydroxylation is 1. The largest absolute Gasteiger partial charge is 1.00 e. The smallest absolute Gasteiger partial charge is 0.334 e. The topological polar surface area (TPSA) is 37.2 Å². The second-order valence-electron chi connectivity index (χ2n) is 4.32. The first-order valence-electron chi connectivity index (χ1n) is 6.45. The van der Waals surface area contributed by atoms with Crippen molar-refractivity contribution < 1.29 is 26.5 Å². The molecule has 17 heavy (non-hydrogen) atoms. The lowest BCUT2D eigenvalue weighted by Gasteiger charge is -1.99. The van der Waals surface area contributed by atoms with Crippen LogP contribution in [-0.2, 0) is 6.54 Å². The van der Waals surface area contributed by atoms with Crippen LogP contribution < -0.4 is 17.0 Å². The van der Waals surface area contributed by atoms with Crippen LogP contribution >= 0.6 is 0 Å². The number of hydrogen-bond acceptors (Lipinski definition) is 2. The van der Waals surface area contributed by atoms with Crippen molar-refractivity contribution in [2.24, 2.45) is 0 Å². The van der Waals surface area contributed by atoms with Crippen LogP contribution in [-0.4, -0.2) is 11.7 Å². The molecule has 0 atom stereocenters. The Hall–Kier alpha value is -0.540. The summed E-state index contributed by atoms with van der Waals surface area (Å²) in [5.74, 6) is 0. The summed E-state index contributed by atoms with van der Waals surface area (Å²) < 4.78 is 7.07. The minimum absolute atomic E-state index is 0.